The number of carbonyl (C=O) groups is 7. The van der Waals surface area contributed by atoms with Crippen LogP contribution in [-0.2, 0) is 33.4 Å². The molecular weight excluding hydrogens is 667 g/mol. The lowest BCUT2D eigenvalue weighted by molar-refractivity contribution is -0.176. The quantitative estimate of drug-likeness (QED) is 0.353. The van der Waals surface area contributed by atoms with Gasteiger partial charge < -0.3 is 20.1 Å². The van der Waals surface area contributed by atoms with E-state index in [0.29, 0.717) is 12.0 Å². The van der Waals surface area contributed by atoms with E-state index in [-0.39, 0.29) is 41.4 Å². The number of rotatable bonds is 10. The summed E-state index contributed by atoms with van der Waals surface area (Å²) in [5.41, 5.74) is -0.766. The van der Waals surface area contributed by atoms with Gasteiger partial charge in [0.2, 0.25) is 11.8 Å². The number of benzene rings is 2. The monoisotopic (exact) mass is 702 g/mol. The number of ketones is 1. The van der Waals surface area contributed by atoms with Crippen molar-refractivity contribution in [3.63, 3.8) is 0 Å². The van der Waals surface area contributed by atoms with Crippen molar-refractivity contribution < 1.29 is 43.0 Å². The number of nitrogens with zero attached hydrogens (tertiary/aromatic N) is 2. The average Bonchev–Trinajstić information content (AvgIpc) is 3.14. The number of fused-ring (bicyclic) bond motifs is 1. The van der Waals surface area contributed by atoms with Crippen molar-refractivity contribution >= 4 is 64.6 Å². The van der Waals surface area contributed by atoms with Crippen molar-refractivity contribution in [3.05, 3.63) is 69.7 Å². The molecule has 3 unspecified atom stereocenters. The average molecular weight is 704 g/mol. The summed E-state index contributed by atoms with van der Waals surface area (Å²) in [4.78, 5) is 92.5. The van der Waals surface area contributed by atoms with Crippen LogP contribution in [0.4, 0.5) is 0 Å². The predicted octanol–water partition coefficient (Wildman–Crippen LogP) is 3.26. The van der Waals surface area contributed by atoms with Gasteiger partial charge in [-0.25, -0.2) is 9.80 Å². The number of Topliss-reactive ketones (excluding diaryl/α,β-unsaturated/α-hetero) is 1. The van der Waals surface area contributed by atoms with E-state index in [0.717, 1.165) is 5.01 Å². The first-order valence-electron chi connectivity index (χ1n) is 15.3. The van der Waals surface area contributed by atoms with E-state index in [1.54, 1.807) is 51.1 Å². The van der Waals surface area contributed by atoms with Gasteiger partial charge in [-0.3, -0.25) is 33.8 Å². The van der Waals surface area contributed by atoms with Crippen LogP contribution in [0.2, 0.25) is 10.0 Å². The third kappa shape index (κ3) is 9.10. The fraction of sp³-hybridized carbons (Fsp3) is 0.424. The van der Waals surface area contributed by atoms with Gasteiger partial charge in [-0.15, -0.1) is 0 Å². The van der Waals surface area contributed by atoms with Gasteiger partial charge in [0.1, 0.15) is 23.7 Å². The molecule has 2 saturated heterocycles. The van der Waals surface area contributed by atoms with Crippen LogP contribution < -0.4 is 10.6 Å². The molecule has 3 atom stereocenters. The fourth-order valence-corrected chi connectivity index (χ4v) is 5.85. The highest BCUT2D eigenvalue weighted by atomic mass is 35.5. The first-order valence-corrected chi connectivity index (χ1v) is 16.1. The van der Waals surface area contributed by atoms with Gasteiger partial charge in [0.05, 0.1) is 22.0 Å². The van der Waals surface area contributed by atoms with Crippen LogP contribution in [0.25, 0.3) is 0 Å². The Kier molecular flexibility index (Phi) is 11.8. The molecule has 4 rings (SSSR count). The maximum absolute atomic E-state index is 13.8. The minimum absolute atomic E-state index is 0.00432. The summed E-state index contributed by atoms with van der Waals surface area (Å²) in [7, 11) is 0. The zero-order valence-electron chi connectivity index (χ0n) is 26.6. The van der Waals surface area contributed by atoms with Crippen LogP contribution >= 0.6 is 23.2 Å². The summed E-state index contributed by atoms with van der Waals surface area (Å²) in [6.07, 6.45) is -0.191. The number of hydrogen-bond donors (Lipinski definition) is 2. The Labute approximate surface area is 287 Å². The molecule has 0 aromatic heterocycles. The standard InChI is InChI=1S/C33H36Cl2N4O9/c1-33(2,3)48-27(42)17-23(25(40)18-47-32(46)28-20(34)11-7-12-21(28)35)37-30(44)24-13-8-16-38-26(41)15-14-22(31(45)39(24)38)36-29(43)19-9-5-4-6-10-19/h4-7,9-12,22-24H,8,13-18H2,1-3H3,(H,36,43)(H,37,44). The van der Waals surface area contributed by atoms with Crippen molar-refractivity contribution in [2.24, 2.45) is 0 Å². The number of amides is 4. The van der Waals surface area contributed by atoms with Crippen molar-refractivity contribution in [2.45, 2.75) is 76.6 Å². The molecule has 256 valence electrons. The Balaban J connectivity index is 1.54. The van der Waals surface area contributed by atoms with E-state index >= 15 is 0 Å². The molecule has 0 aliphatic carbocycles. The molecule has 2 aliphatic heterocycles. The van der Waals surface area contributed by atoms with Crippen molar-refractivity contribution in [2.75, 3.05) is 13.2 Å². The Hall–Kier alpha value is -4.49. The zero-order chi connectivity index (χ0) is 35.2. The van der Waals surface area contributed by atoms with Crippen molar-refractivity contribution in [3.8, 4) is 0 Å². The van der Waals surface area contributed by atoms with Gasteiger partial charge in [-0.2, -0.15) is 0 Å². The van der Waals surface area contributed by atoms with Crippen LogP contribution in [0.5, 0.6) is 0 Å². The summed E-state index contributed by atoms with van der Waals surface area (Å²) in [5.74, 6) is -5.13. The third-order valence-electron chi connectivity index (χ3n) is 7.51. The Bertz CT molecular complexity index is 1570. The minimum Gasteiger partial charge on any atom is -0.460 e. The van der Waals surface area contributed by atoms with Crippen molar-refractivity contribution in [1.29, 1.82) is 0 Å². The second-order valence-electron chi connectivity index (χ2n) is 12.3. The van der Waals surface area contributed by atoms with Crippen LogP contribution in [-0.4, -0.2) is 88.2 Å². The summed E-state index contributed by atoms with van der Waals surface area (Å²) in [5, 5.41) is 7.38. The molecule has 2 N–H and O–H groups in total. The lowest BCUT2D eigenvalue weighted by Gasteiger charge is -2.43. The number of nitrogens with one attached hydrogen (secondary N) is 2. The topological polar surface area (TPSA) is 168 Å². The zero-order valence-corrected chi connectivity index (χ0v) is 28.1. The highest BCUT2D eigenvalue weighted by molar-refractivity contribution is 6.39. The van der Waals surface area contributed by atoms with Gasteiger partial charge in [0.15, 0.2) is 12.4 Å². The third-order valence-corrected chi connectivity index (χ3v) is 8.14. The minimum atomic E-state index is -1.54. The molecule has 2 aromatic rings. The molecule has 13 nitrogen and oxygen atoms in total. The number of halogens is 2. The molecule has 15 heteroatoms. The Morgan fingerprint density at radius 3 is 2.27 bits per heavy atom. The predicted molar refractivity (Wildman–Crippen MR) is 173 cm³/mol. The summed E-state index contributed by atoms with van der Waals surface area (Å²) in [6, 6.07) is 8.66. The molecule has 4 amide bonds. The first kappa shape index (κ1) is 36.3. The highest BCUT2D eigenvalue weighted by Crippen LogP contribution is 2.27. The second-order valence-corrected chi connectivity index (χ2v) is 13.1. The second kappa shape index (κ2) is 15.6. The fourth-order valence-electron chi connectivity index (χ4n) is 5.30. The van der Waals surface area contributed by atoms with Gasteiger partial charge in [-0.05, 0) is 64.3 Å². The molecule has 0 radical (unpaired) electrons. The SMILES string of the molecule is CC(C)(C)OC(=O)CC(NC(=O)C1CCCN2C(=O)CCC(NC(=O)c3ccccc3)C(=O)N12)C(=O)COC(=O)c1c(Cl)cccc1Cl. The molecule has 0 bridgehead atoms. The van der Waals surface area contributed by atoms with E-state index in [1.807, 2.05) is 0 Å². The number of carbonyl (C=O) groups excluding carboxylic acids is 7. The lowest BCUT2D eigenvalue weighted by Crippen LogP contribution is -2.64. The van der Waals surface area contributed by atoms with E-state index in [2.05, 4.69) is 10.6 Å². The molecular formula is C33H36Cl2N4O9. The number of ether oxygens (including phenoxy) is 2. The molecule has 2 heterocycles. The molecule has 2 aliphatic rings. The van der Waals surface area contributed by atoms with Gasteiger partial charge >= 0.3 is 11.9 Å². The van der Waals surface area contributed by atoms with Gasteiger partial charge in [0.25, 0.3) is 11.8 Å². The normalized spacial score (nSPS) is 18.6. The maximum atomic E-state index is 13.8. The van der Waals surface area contributed by atoms with Gasteiger partial charge in [0, 0.05) is 18.5 Å². The summed E-state index contributed by atoms with van der Waals surface area (Å²) < 4.78 is 10.5. The van der Waals surface area contributed by atoms with E-state index in [9.17, 15) is 33.6 Å². The largest absolute Gasteiger partial charge is 0.460 e. The maximum Gasteiger partial charge on any atom is 0.341 e. The molecule has 48 heavy (non-hydrogen) atoms. The first-order chi connectivity index (χ1) is 22.7. The Morgan fingerprint density at radius 2 is 1.62 bits per heavy atom. The summed E-state index contributed by atoms with van der Waals surface area (Å²) >= 11 is 12.1. The van der Waals surface area contributed by atoms with Crippen LogP contribution in [0, 0.1) is 0 Å². The van der Waals surface area contributed by atoms with E-state index < -0.39 is 78.1 Å². The van der Waals surface area contributed by atoms with E-state index in [4.69, 9.17) is 32.7 Å². The number of hydrogen-bond acceptors (Lipinski definition) is 9. The van der Waals surface area contributed by atoms with Crippen molar-refractivity contribution in [1.82, 2.24) is 20.7 Å². The highest BCUT2D eigenvalue weighted by Gasteiger charge is 2.45. The Morgan fingerprint density at radius 1 is 0.958 bits per heavy atom. The molecule has 0 saturated carbocycles. The van der Waals surface area contributed by atoms with E-state index in [1.165, 1.54) is 23.2 Å². The van der Waals surface area contributed by atoms with Crippen LogP contribution in [0.15, 0.2) is 48.5 Å². The van der Waals surface area contributed by atoms with Gasteiger partial charge in [-0.1, -0.05) is 47.5 Å². The molecule has 0 spiro atoms. The number of esters is 2. The summed E-state index contributed by atoms with van der Waals surface area (Å²) in [6.45, 7) is 4.18. The molecule has 2 aromatic carbocycles. The smallest absolute Gasteiger partial charge is 0.341 e. The van der Waals surface area contributed by atoms with Crippen LogP contribution in [0.3, 0.4) is 0 Å². The lowest BCUT2D eigenvalue weighted by atomic mass is 10.0. The van der Waals surface area contributed by atoms with Crippen LogP contribution in [0.1, 0.15) is 73.6 Å². The molecule has 2 fully saturated rings. The number of hydrazine groups is 1.